The smallest absolute Gasteiger partial charge is 0.250 e. The predicted octanol–water partition coefficient (Wildman–Crippen LogP) is 3.39. The summed E-state index contributed by atoms with van der Waals surface area (Å²) in [5.41, 5.74) is 1.18. The molecule has 1 aromatic carbocycles. The quantitative estimate of drug-likeness (QED) is 0.890. The summed E-state index contributed by atoms with van der Waals surface area (Å²) in [5, 5.41) is 3.01. The van der Waals surface area contributed by atoms with Crippen molar-refractivity contribution in [1.29, 1.82) is 0 Å². The van der Waals surface area contributed by atoms with Gasteiger partial charge in [-0.05, 0) is 30.4 Å². The molecule has 1 N–H and O–H groups in total. The molecule has 1 fully saturated rings. The Balaban J connectivity index is 2.04. The molecule has 0 aromatic heterocycles. The van der Waals surface area contributed by atoms with Gasteiger partial charge >= 0.3 is 0 Å². The van der Waals surface area contributed by atoms with E-state index in [-0.39, 0.29) is 12.6 Å². The van der Waals surface area contributed by atoms with Crippen LogP contribution in [0.15, 0.2) is 30.3 Å². The molecule has 0 radical (unpaired) electrons. The molecule has 0 saturated carbocycles. The lowest BCUT2D eigenvalue weighted by molar-refractivity contribution is 0.136. The van der Waals surface area contributed by atoms with E-state index in [1.807, 2.05) is 18.2 Å². The number of rotatable bonds is 5. The van der Waals surface area contributed by atoms with Crippen LogP contribution in [-0.4, -0.2) is 32.1 Å². The van der Waals surface area contributed by atoms with Crippen LogP contribution in [0, 0.1) is 11.8 Å². The highest BCUT2D eigenvalue weighted by Crippen LogP contribution is 2.27. The van der Waals surface area contributed by atoms with E-state index in [1.165, 1.54) is 5.69 Å². The Morgan fingerprint density at radius 2 is 1.90 bits per heavy atom. The van der Waals surface area contributed by atoms with Crippen LogP contribution < -0.4 is 10.2 Å². The van der Waals surface area contributed by atoms with E-state index in [1.54, 1.807) is 0 Å². The molecule has 0 bridgehead atoms. The van der Waals surface area contributed by atoms with Gasteiger partial charge in [0.15, 0.2) is 0 Å². The van der Waals surface area contributed by atoms with Gasteiger partial charge in [0.05, 0.1) is 6.54 Å². The van der Waals surface area contributed by atoms with E-state index in [4.69, 9.17) is 0 Å². The maximum atomic E-state index is 12.4. The summed E-state index contributed by atoms with van der Waals surface area (Å²) in [7, 11) is 0. The molecular formula is C16H24F2N2. The number of benzene rings is 1. The minimum atomic E-state index is -2.28. The summed E-state index contributed by atoms with van der Waals surface area (Å²) in [6, 6.07) is 10.4. The maximum absolute atomic E-state index is 12.4. The number of anilines is 1. The summed E-state index contributed by atoms with van der Waals surface area (Å²) >= 11 is 0. The van der Waals surface area contributed by atoms with Crippen molar-refractivity contribution in [3.8, 4) is 0 Å². The standard InChI is InChI=1S/C16H24F2N2/c1-12(2)13-8-14(19-9-16(17)18)11-20(10-13)15-6-4-3-5-7-15/h3-7,12-14,16,19H,8-11H2,1-2H3. The van der Waals surface area contributed by atoms with Crippen molar-refractivity contribution in [2.45, 2.75) is 32.7 Å². The summed E-state index contributed by atoms with van der Waals surface area (Å²) in [4.78, 5) is 2.32. The van der Waals surface area contributed by atoms with Crippen LogP contribution in [0.2, 0.25) is 0 Å². The molecule has 1 aliphatic heterocycles. The second-order valence-electron chi connectivity index (χ2n) is 5.98. The second kappa shape index (κ2) is 7.02. The third-order valence-electron chi connectivity index (χ3n) is 4.11. The highest BCUT2D eigenvalue weighted by molar-refractivity contribution is 5.46. The minimum Gasteiger partial charge on any atom is -0.370 e. The zero-order valence-electron chi connectivity index (χ0n) is 12.2. The van der Waals surface area contributed by atoms with Gasteiger partial charge in [-0.15, -0.1) is 0 Å². The van der Waals surface area contributed by atoms with Crippen molar-refractivity contribution in [3.05, 3.63) is 30.3 Å². The number of nitrogens with one attached hydrogen (secondary N) is 1. The highest BCUT2D eigenvalue weighted by Gasteiger charge is 2.29. The predicted molar refractivity (Wildman–Crippen MR) is 79.4 cm³/mol. The van der Waals surface area contributed by atoms with Crippen LogP contribution in [0.1, 0.15) is 20.3 Å². The van der Waals surface area contributed by atoms with E-state index in [0.29, 0.717) is 11.8 Å². The van der Waals surface area contributed by atoms with Crippen molar-refractivity contribution in [1.82, 2.24) is 5.32 Å². The summed E-state index contributed by atoms with van der Waals surface area (Å²) in [5.74, 6) is 1.11. The van der Waals surface area contributed by atoms with Crippen molar-refractivity contribution < 1.29 is 8.78 Å². The molecule has 20 heavy (non-hydrogen) atoms. The zero-order chi connectivity index (χ0) is 14.5. The summed E-state index contributed by atoms with van der Waals surface area (Å²) < 4.78 is 24.8. The van der Waals surface area contributed by atoms with Crippen molar-refractivity contribution in [2.24, 2.45) is 11.8 Å². The topological polar surface area (TPSA) is 15.3 Å². The van der Waals surface area contributed by atoms with Gasteiger partial charge in [-0.1, -0.05) is 32.0 Å². The number of nitrogens with zero attached hydrogens (tertiary/aromatic N) is 1. The number of halogens is 2. The lowest BCUT2D eigenvalue weighted by Crippen LogP contribution is -2.51. The highest BCUT2D eigenvalue weighted by atomic mass is 19.3. The molecule has 4 heteroatoms. The number of piperidine rings is 1. The summed E-state index contributed by atoms with van der Waals surface area (Å²) in [6.07, 6.45) is -1.30. The average Bonchev–Trinajstić information content (AvgIpc) is 2.45. The van der Waals surface area contributed by atoms with E-state index >= 15 is 0 Å². The van der Waals surface area contributed by atoms with Crippen LogP contribution in [0.3, 0.4) is 0 Å². The minimum absolute atomic E-state index is 0.144. The SMILES string of the molecule is CC(C)C1CC(NCC(F)F)CN(c2ccccc2)C1. The number of alkyl halides is 2. The Hall–Kier alpha value is -1.16. The molecule has 0 aliphatic carbocycles. The Morgan fingerprint density at radius 3 is 2.50 bits per heavy atom. The normalized spacial score (nSPS) is 23.6. The van der Waals surface area contributed by atoms with E-state index in [9.17, 15) is 8.78 Å². The van der Waals surface area contributed by atoms with Gasteiger partial charge in [0.25, 0.3) is 6.43 Å². The van der Waals surface area contributed by atoms with Gasteiger partial charge < -0.3 is 10.2 Å². The van der Waals surface area contributed by atoms with Gasteiger partial charge in [-0.2, -0.15) is 0 Å². The molecule has 2 atom stereocenters. The molecule has 1 aromatic rings. The Morgan fingerprint density at radius 1 is 1.20 bits per heavy atom. The fourth-order valence-corrected chi connectivity index (χ4v) is 2.87. The molecular weight excluding hydrogens is 258 g/mol. The molecule has 1 saturated heterocycles. The average molecular weight is 282 g/mol. The fourth-order valence-electron chi connectivity index (χ4n) is 2.87. The lowest BCUT2D eigenvalue weighted by Gasteiger charge is -2.41. The van der Waals surface area contributed by atoms with Gasteiger partial charge in [0, 0.05) is 24.8 Å². The Kier molecular flexibility index (Phi) is 5.35. The van der Waals surface area contributed by atoms with Crippen molar-refractivity contribution in [2.75, 3.05) is 24.5 Å². The lowest BCUT2D eigenvalue weighted by atomic mass is 9.85. The number of para-hydroxylation sites is 1. The third kappa shape index (κ3) is 4.17. The van der Waals surface area contributed by atoms with Crippen LogP contribution in [0.4, 0.5) is 14.5 Å². The first-order chi connectivity index (χ1) is 9.56. The first kappa shape index (κ1) is 15.2. The molecule has 1 heterocycles. The Labute approximate surface area is 120 Å². The van der Waals surface area contributed by atoms with Crippen molar-refractivity contribution in [3.63, 3.8) is 0 Å². The van der Waals surface area contributed by atoms with Gasteiger partial charge in [-0.25, -0.2) is 8.78 Å². The monoisotopic (exact) mass is 282 g/mol. The molecule has 2 unspecified atom stereocenters. The largest absolute Gasteiger partial charge is 0.370 e. The van der Waals surface area contributed by atoms with E-state index < -0.39 is 6.43 Å². The van der Waals surface area contributed by atoms with Gasteiger partial charge in [0.1, 0.15) is 0 Å². The molecule has 2 rings (SSSR count). The molecule has 0 spiro atoms. The van der Waals surface area contributed by atoms with Crippen LogP contribution in [0.5, 0.6) is 0 Å². The second-order valence-corrected chi connectivity index (χ2v) is 5.98. The number of hydrogen-bond donors (Lipinski definition) is 1. The van der Waals surface area contributed by atoms with Crippen LogP contribution >= 0.6 is 0 Å². The number of hydrogen-bond acceptors (Lipinski definition) is 2. The molecule has 1 aliphatic rings. The first-order valence-corrected chi connectivity index (χ1v) is 7.37. The zero-order valence-corrected chi connectivity index (χ0v) is 12.2. The fraction of sp³-hybridized carbons (Fsp3) is 0.625. The molecule has 112 valence electrons. The van der Waals surface area contributed by atoms with Crippen LogP contribution in [-0.2, 0) is 0 Å². The first-order valence-electron chi connectivity index (χ1n) is 7.37. The van der Waals surface area contributed by atoms with E-state index in [2.05, 4.69) is 36.2 Å². The van der Waals surface area contributed by atoms with E-state index in [0.717, 1.165) is 19.5 Å². The molecule has 0 amide bonds. The Bertz CT molecular complexity index is 395. The molecule has 2 nitrogen and oxygen atoms in total. The van der Waals surface area contributed by atoms with Crippen molar-refractivity contribution >= 4 is 5.69 Å². The third-order valence-corrected chi connectivity index (χ3v) is 4.11. The maximum Gasteiger partial charge on any atom is 0.250 e. The van der Waals surface area contributed by atoms with Crippen LogP contribution in [0.25, 0.3) is 0 Å². The van der Waals surface area contributed by atoms with Gasteiger partial charge in [-0.3, -0.25) is 0 Å². The summed E-state index contributed by atoms with van der Waals surface area (Å²) in [6.45, 7) is 6.03. The van der Waals surface area contributed by atoms with Gasteiger partial charge in [0.2, 0.25) is 0 Å².